The fraction of sp³-hybridized carbons (Fsp3) is 0.417. The first-order valence-corrected chi connectivity index (χ1v) is 5.66. The summed E-state index contributed by atoms with van der Waals surface area (Å²) < 4.78 is 5.02. The summed E-state index contributed by atoms with van der Waals surface area (Å²) in [4.78, 5) is 15.7. The molecule has 0 spiro atoms. The lowest BCUT2D eigenvalue weighted by Gasteiger charge is -2.20. The van der Waals surface area contributed by atoms with Gasteiger partial charge in [0.1, 0.15) is 0 Å². The van der Waals surface area contributed by atoms with E-state index in [9.17, 15) is 4.79 Å². The number of aromatic nitrogens is 1. The Bertz CT molecular complexity index is 556. The number of oxazole rings is 1. The van der Waals surface area contributed by atoms with Crippen molar-refractivity contribution in [3.8, 4) is 0 Å². The average molecular weight is 235 g/mol. The maximum Gasteiger partial charge on any atom is 0.417 e. The van der Waals surface area contributed by atoms with Crippen LogP contribution >= 0.6 is 0 Å². The third-order valence-corrected chi connectivity index (χ3v) is 2.77. The zero-order chi connectivity index (χ0) is 12.4. The molecule has 1 atom stereocenters. The van der Waals surface area contributed by atoms with E-state index in [1.807, 2.05) is 32.2 Å². The smallest absolute Gasteiger partial charge is 0.408 e. The van der Waals surface area contributed by atoms with Crippen LogP contribution in [0.2, 0.25) is 0 Å². The summed E-state index contributed by atoms with van der Waals surface area (Å²) in [6.45, 7) is 2.86. The summed E-state index contributed by atoms with van der Waals surface area (Å²) in [7, 11) is 1.99. The minimum absolute atomic E-state index is 0.186. The monoisotopic (exact) mass is 235 g/mol. The van der Waals surface area contributed by atoms with Gasteiger partial charge in [0.15, 0.2) is 5.58 Å². The van der Waals surface area contributed by atoms with E-state index in [0.717, 1.165) is 24.2 Å². The van der Waals surface area contributed by atoms with Crippen LogP contribution in [0.4, 0.5) is 5.69 Å². The summed E-state index contributed by atoms with van der Waals surface area (Å²) in [6, 6.07) is 5.84. The van der Waals surface area contributed by atoms with Crippen molar-refractivity contribution in [3.63, 3.8) is 0 Å². The van der Waals surface area contributed by atoms with Crippen molar-refractivity contribution in [2.45, 2.75) is 19.4 Å². The number of nitrogens with one attached hydrogen (secondary N) is 1. The van der Waals surface area contributed by atoms with Gasteiger partial charge in [0.2, 0.25) is 0 Å². The van der Waals surface area contributed by atoms with Gasteiger partial charge in [-0.3, -0.25) is 4.98 Å². The summed E-state index contributed by atoms with van der Waals surface area (Å²) in [5.41, 5.74) is 8.04. The zero-order valence-electron chi connectivity index (χ0n) is 10.1. The van der Waals surface area contributed by atoms with Gasteiger partial charge in [0, 0.05) is 31.4 Å². The molecule has 92 valence electrons. The summed E-state index contributed by atoms with van der Waals surface area (Å²) in [6.07, 6.45) is 0.922. The number of aromatic amines is 1. The highest BCUT2D eigenvalue weighted by Crippen LogP contribution is 2.19. The van der Waals surface area contributed by atoms with Crippen LogP contribution in [0.1, 0.15) is 13.3 Å². The van der Waals surface area contributed by atoms with Crippen LogP contribution in [0.3, 0.4) is 0 Å². The minimum Gasteiger partial charge on any atom is -0.408 e. The zero-order valence-corrected chi connectivity index (χ0v) is 10.1. The second-order valence-corrected chi connectivity index (χ2v) is 4.38. The van der Waals surface area contributed by atoms with E-state index < -0.39 is 5.76 Å². The van der Waals surface area contributed by atoms with Gasteiger partial charge in [0.05, 0.1) is 5.52 Å². The highest BCUT2D eigenvalue weighted by molar-refractivity contribution is 5.76. The van der Waals surface area contributed by atoms with Crippen molar-refractivity contribution < 1.29 is 4.42 Å². The van der Waals surface area contributed by atoms with E-state index in [4.69, 9.17) is 10.2 Å². The number of nitrogens with zero attached hydrogens (tertiary/aromatic N) is 1. The molecule has 0 aliphatic heterocycles. The predicted octanol–water partition coefficient (Wildman–Crippen LogP) is 1.29. The molecule has 0 amide bonds. The Balaban J connectivity index is 2.20. The minimum atomic E-state index is -0.421. The van der Waals surface area contributed by atoms with Crippen LogP contribution in [0.15, 0.2) is 27.4 Å². The molecule has 0 saturated heterocycles. The van der Waals surface area contributed by atoms with Crippen LogP contribution in [-0.2, 0) is 0 Å². The fourth-order valence-corrected chi connectivity index (χ4v) is 1.70. The van der Waals surface area contributed by atoms with Gasteiger partial charge in [-0.2, -0.15) is 0 Å². The second-order valence-electron chi connectivity index (χ2n) is 4.38. The summed E-state index contributed by atoms with van der Waals surface area (Å²) in [5.74, 6) is -0.421. The van der Waals surface area contributed by atoms with Gasteiger partial charge in [-0.25, -0.2) is 4.79 Å². The van der Waals surface area contributed by atoms with Crippen LogP contribution in [0.25, 0.3) is 11.1 Å². The molecule has 17 heavy (non-hydrogen) atoms. The molecule has 5 heteroatoms. The number of fused-ring (bicyclic) bond motifs is 1. The standard InChI is InChI=1S/C12H17N3O2/c1-8(13)5-6-15(2)9-3-4-10-11(7-9)17-12(16)14-10/h3-4,7-8H,5-6,13H2,1-2H3,(H,14,16). The predicted molar refractivity (Wildman–Crippen MR) is 68.4 cm³/mol. The molecule has 0 saturated carbocycles. The quantitative estimate of drug-likeness (QED) is 0.837. The lowest BCUT2D eigenvalue weighted by atomic mass is 10.2. The molecule has 2 rings (SSSR count). The van der Waals surface area contributed by atoms with Crippen LogP contribution in [0, 0.1) is 0 Å². The first kappa shape index (κ1) is 11.7. The molecule has 1 unspecified atom stereocenters. The molecule has 5 nitrogen and oxygen atoms in total. The maximum atomic E-state index is 11.0. The van der Waals surface area contributed by atoms with E-state index in [2.05, 4.69) is 9.88 Å². The second kappa shape index (κ2) is 4.63. The van der Waals surface area contributed by atoms with E-state index >= 15 is 0 Å². The molecule has 0 fully saturated rings. The first-order chi connectivity index (χ1) is 8.06. The van der Waals surface area contributed by atoms with E-state index in [1.165, 1.54) is 0 Å². The largest absolute Gasteiger partial charge is 0.417 e. The van der Waals surface area contributed by atoms with Gasteiger partial charge in [-0.05, 0) is 25.5 Å². The fourth-order valence-electron chi connectivity index (χ4n) is 1.70. The Hall–Kier alpha value is -1.75. The van der Waals surface area contributed by atoms with Crippen molar-refractivity contribution in [2.75, 3.05) is 18.5 Å². The normalized spacial score (nSPS) is 12.9. The van der Waals surface area contributed by atoms with Crippen LogP contribution in [0.5, 0.6) is 0 Å². The molecule has 1 heterocycles. The Morgan fingerprint density at radius 3 is 3.00 bits per heavy atom. The van der Waals surface area contributed by atoms with Gasteiger partial charge >= 0.3 is 5.76 Å². The van der Waals surface area contributed by atoms with Crippen LogP contribution in [-0.4, -0.2) is 24.6 Å². The van der Waals surface area contributed by atoms with Crippen molar-refractivity contribution in [1.82, 2.24) is 4.98 Å². The molecule has 0 bridgehead atoms. The summed E-state index contributed by atoms with van der Waals surface area (Å²) in [5, 5.41) is 0. The Morgan fingerprint density at radius 1 is 1.53 bits per heavy atom. The average Bonchev–Trinajstić information content (AvgIpc) is 2.64. The number of H-pyrrole nitrogens is 1. The maximum absolute atomic E-state index is 11.0. The van der Waals surface area contributed by atoms with Crippen molar-refractivity contribution >= 4 is 16.8 Å². The number of rotatable bonds is 4. The third kappa shape index (κ3) is 2.68. The lowest BCUT2D eigenvalue weighted by Crippen LogP contribution is -2.25. The topological polar surface area (TPSA) is 75.3 Å². The molecule has 1 aromatic carbocycles. The van der Waals surface area contributed by atoms with Crippen LogP contribution < -0.4 is 16.4 Å². The SMILES string of the molecule is CC(N)CCN(C)c1ccc2[nH]c(=O)oc2c1. The molecular formula is C12H17N3O2. The van der Waals surface area contributed by atoms with Gasteiger partial charge in [0.25, 0.3) is 0 Å². The van der Waals surface area contributed by atoms with Gasteiger partial charge in [-0.15, -0.1) is 0 Å². The molecule has 3 N–H and O–H groups in total. The summed E-state index contributed by atoms with van der Waals surface area (Å²) >= 11 is 0. The highest BCUT2D eigenvalue weighted by Gasteiger charge is 2.06. The first-order valence-electron chi connectivity index (χ1n) is 5.66. The molecule has 2 aromatic rings. The number of hydrogen-bond acceptors (Lipinski definition) is 4. The molecule has 0 aliphatic rings. The Morgan fingerprint density at radius 2 is 2.29 bits per heavy atom. The van der Waals surface area contributed by atoms with E-state index in [1.54, 1.807) is 0 Å². The number of benzene rings is 1. The molecule has 0 aliphatic carbocycles. The number of anilines is 1. The molecule has 0 radical (unpaired) electrons. The lowest BCUT2D eigenvalue weighted by molar-refractivity contribution is 0.555. The third-order valence-electron chi connectivity index (χ3n) is 2.77. The van der Waals surface area contributed by atoms with Crippen molar-refractivity contribution in [1.29, 1.82) is 0 Å². The molecule has 1 aromatic heterocycles. The van der Waals surface area contributed by atoms with Gasteiger partial charge in [-0.1, -0.05) is 0 Å². The Labute approximate surface area is 99.2 Å². The Kier molecular flexibility index (Phi) is 3.19. The van der Waals surface area contributed by atoms with E-state index in [0.29, 0.717) is 5.58 Å². The van der Waals surface area contributed by atoms with Gasteiger partial charge < -0.3 is 15.1 Å². The van der Waals surface area contributed by atoms with Crippen molar-refractivity contribution in [3.05, 3.63) is 28.7 Å². The molecular weight excluding hydrogens is 218 g/mol. The van der Waals surface area contributed by atoms with Crippen molar-refractivity contribution in [2.24, 2.45) is 5.73 Å². The number of nitrogens with two attached hydrogens (primary N) is 1. The number of hydrogen-bond donors (Lipinski definition) is 2. The highest BCUT2D eigenvalue weighted by atomic mass is 16.4. The van der Waals surface area contributed by atoms with E-state index in [-0.39, 0.29) is 6.04 Å².